The first-order valence-corrected chi connectivity index (χ1v) is 18.9. The molecule has 0 saturated carbocycles. The summed E-state index contributed by atoms with van der Waals surface area (Å²) in [6, 6.07) is 16.6. The number of piperazine rings is 1. The normalized spacial score (nSPS) is 22.0. The van der Waals surface area contributed by atoms with Crippen LogP contribution in [0.1, 0.15) is 77.1 Å². The van der Waals surface area contributed by atoms with Gasteiger partial charge in [0.25, 0.3) is 0 Å². The van der Waals surface area contributed by atoms with Crippen LogP contribution < -0.4 is 10.6 Å². The average molecular weight is 731 g/mol. The molecule has 5 heterocycles. The van der Waals surface area contributed by atoms with Crippen molar-refractivity contribution in [1.29, 1.82) is 0 Å². The van der Waals surface area contributed by atoms with E-state index in [0.29, 0.717) is 25.2 Å². The van der Waals surface area contributed by atoms with Crippen molar-refractivity contribution < 1.29 is 23.9 Å². The summed E-state index contributed by atoms with van der Waals surface area (Å²) < 4.78 is 4.78. The minimum absolute atomic E-state index is 0.00516. The lowest BCUT2D eigenvalue weighted by Gasteiger charge is -2.38. The number of carbonyl (C=O) groups is 4. The monoisotopic (exact) mass is 730 g/mol. The molecule has 13 heteroatoms. The molecule has 13 nitrogen and oxygen atoms in total. The first-order chi connectivity index (χ1) is 26.0. The first-order valence-electron chi connectivity index (χ1n) is 18.9. The number of nitrogens with zero attached hydrogens (tertiary/aromatic N) is 4. The Kier molecular flexibility index (Phi) is 9.11. The second kappa shape index (κ2) is 13.9. The number of aromatic nitrogens is 4. The van der Waals surface area contributed by atoms with Crippen LogP contribution in [0, 0.1) is 11.8 Å². The van der Waals surface area contributed by atoms with Crippen molar-refractivity contribution in [3.05, 3.63) is 72.4 Å². The zero-order valence-electron chi connectivity index (χ0n) is 31.2. The number of nitrogens with one attached hydrogen (secondary N) is 4. The van der Waals surface area contributed by atoms with Crippen molar-refractivity contribution in [1.82, 2.24) is 40.4 Å². The van der Waals surface area contributed by atoms with Gasteiger partial charge in [-0.25, -0.2) is 14.8 Å². The maximum absolute atomic E-state index is 13.7. The number of alkyl carbamates (subject to hydrolysis) is 1. The largest absolute Gasteiger partial charge is 0.453 e. The third kappa shape index (κ3) is 6.14. The fourth-order valence-corrected chi connectivity index (χ4v) is 8.41. The molecule has 3 aliphatic heterocycles. The Morgan fingerprint density at radius 3 is 2.35 bits per heavy atom. The van der Waals surface area contributed by atoms with Crippen LogP contribution in [-0.4, -0.2) is 85.3 Å². The maximum Gasteiger partial charge on any atom is 0.407 e. The van der Waals surface area contributed by atoms with Crippen LogP contribution in [0.25, 0.3) is 44.2 Å². The van der Waals surface area contributed by atoms with Gasteiger partial charge in [0.05, 0.1) is 42.1 Å². The molecule has 4 amide bonds. The summed E-state index contributed by atoms with van der Waals surface area (Å²) in [4.78, 5) is 72.1. The Balaban J connectivity index is 1.00. The molecule has 0 unspecified atom stereocenters. The van der Waals surface area contributed by atoms with E-state index in [1.54, 1.807) is 11.1 Å². The molecule has 8 rings (SSSR count). The highest BCUT2D eigenvalue weighted by Crippen LogP contribution is 2.39. The molecular formula is C41H46N8O5. The predicted octanol–water partition coefficient (Wildman–Crippen LogP) is 6.00. The molecule has 5 atom stereocenters. The minimum Gasteiger partial charge on any atom is -0.453 e. The Hall–Kier alpha value is -5.72. The Morgan fingerprint density at radius 2 is 1.61 bits per heavy atom. The number of carbonyl (C=O) groups excluding carboxylic acids is 4. The van der Waals surface area contributed by atoms with Crippen molar-refractivity contribution in [3.8, 4) is 22.4 Å². The van der Waals surface area contributed by atoms with Gasteiger partial charge < -0.3 is 35.1 Å². The number of ether oxygens (including phenoxy) is 1. The fraction of sp³-hybridized carbons (Fsp3) is 0.415. The molecule has 3 saturated heterocycles. The van der Waals surface area contributed by atoms with E-state index >= 15 is 0 Å². The number of methoxy groups -OCH3 is 1. The van der Waals surface area contributed by atoms with Crippen molar-refractivity contribution in [3.63, 3.8) is 0 Å². The van der Waals surface area contributed by atoms with Crippen molar-refractivity contribution in [2.45, 2.75) is 83.6 Å². The number of benzene rings is 3. The lowest BCUT2D eigenvalue weighted by atomic mass is 9.98. The minimum atomic E-state index is -0.692. The Bertz CT molecular complexity index is 2260. The number of aromatic amines is 2. The van der Waals surface area contributed by atoms with Crippen molar-refractivity contribution in [2.24, 2.45) is 11.8 Å². The van der Waals surface area contributed by atoms with E-state index in [1.807, 2.05) is 38.7 Å². The number of hydrogen-bond acceptors (Lipinski definition) is 7. The van der Waals surface area contributed by atoms with Crippen LogP contribution in [0.5, 0.6) is 0 Å². The second-order valence-corrected chi connectivity index (χ2v) is 15.4. The number of H-pyrrole nitrogens is 2. The summed E-state index contributed by atoms with van der Waals surface area (Å²) in [5, 5.41) is 7.69. The van der Waals surface area contributed by atoms with Gasteiger partial charge in [0, 0.05) is 11.9 Å². The molecule has 0 spiro atoms. The predicted molar refractivity (Wildman–Crippen MR) is 204 cm³/mol. The van der Waals surface area contributed by atoms with Crippen molar-refractivity contribution >= 4 is 45.6 Å². The molecule has 3 aliphatic rings. The van der Waals surface area contributed by atoms with E-state index < -0.39 is 24.2 Å². The molecular weight excluding hydrogens is 685 g/mol. The molecule has 0 aliphatic carbocycles. The summed E-state index contributed by atoms with van der Waals surface area (Å²) in [7, 11) is 1.29. The van der Waals surface area contributed by atoms with Gasteiger partial charge in [-0.2, -0.15) is 0 Å². The summed E-state index contributed by atoms with van der Waals surface area (Å²) >= 11 is 0. The van der Waals surface area contributed by atoms with Crippen LogP contribution in [0.2, 0.25) is 0 Å². The summed E-state index contributed by atoms with van der Waals surface area (Å²) in [5.41, 5.74) is 5.72. The zero-order valence-corrected chi connectivity index (χ0v) is 31.2. The molecule has 0 bridgehead atoms. The van der Waals surface area contributed by atoms with E-state index in [4.69, 9.17) is 9.72 Å². The quantitative estimate of drug-likeness (QED) is 0.152. The molecule has 4 N–H and O–H groups in total. The summed E-state index contributed by atoms with van der Waals surface area (Å²) in [5.74, 6) is 1.08. The van der Waals surface area contributed by atoms with Gasteiger partial charge in [-0.1, -0.05) is 70.2 Å². The molecule has 5 aromatic rings. The third-order valence-corrected chi connectivity index (χ3v) is 11.3. The Morgan fingerprint density at radius 1 is 0.870 bits per heavy atom. The van der Waals surface area contributed by atoms with Gasteiger partial charge in [0.2, 0.25) is 17.7 Å². The fourth-order valence-electron chi connectivity index (χ4n) is 8.41. The summed E-state index contributed by atoms with van der Waals surface area (Å²) in [6.07, 6.45) is 4.11. The number of rotatable bonds is 8. The molecule has 280 valence electrons. The van der Waals surface area contributed by atoms with E-state index in [9.17, 15) is 19.2 Å². The molecule has 0 radical (unpaired) electrons. The smallest absolute Gasteiger partial charge is 0.407 e. The van der Waals surface area contributed by atoms with E-state index in [2.05, 4.69) is 74.1 Å². The number of fused-ring (bicyclic) bond motifs is 4. The summed E-state index contributed by atoms with van der Waals surface area (Å²) in [6.45, 7) is 8.30. The number of imidazole rings is 2. The number of amides is 4. The molecule has 3 fully saturated rings. The van der Waals surface area contributed by atoms with Gasteiger partial charge in [0.15, 0.2) is 0 Å². The van der Waals surface area contributed by atoms with Gasteiger partial charge in [0.1, 0.15) is 29.8 Å². The van der Waals surface area contributed by atoms with Crippen LogP contribution in [0.3, 0.4) is 0 Å². The van der Waals surface area contributed by atoms with Gasteiger partial charge >= 0.3 is 6.09 Å². The van der Waals surface area contributed by atoms with E-state index in [0.717, 1.165) is 62.9 Å². The molecule has 3 aromatic carbocycles. The lowest BCUT2D eigenvalue weighted by Crippen LogP contribution is -2.63. The van der Waals surface area contributed by atoms with Gasteiger partial charge in [-0.05, 0) is 71.7 Å². The Labute approximate surface area is 313 Å². The average Bonchev–Trinajstić information content (AvgIpc) is 4.00. The SMILES string of the molecule is COC(=O)N[C@H](C(=O)N1CCC[C@H]1c1nc2c(ccc3cc(-c4ccc(-c5cnc([C@@H]6CC[C@H]7C(=O)N[C@@H](C(C)C)C(=O)N76)[nH]5)cc4)ccc32)[nH]1)C(C)C. The highest BCUT2D eigenvalue weighted by Gasteiger charge is 2.49. The third-order valence-electron chi connectivity index (χ3n) is 11.3. The number of likely N-dealkylation sites (tertiary alicyclic amines) is 1. The van der Waals surface area contributed by atoms with Crippen molar-refractivity contribution in [2.75, 3.05) is 13.7 Å². The first kappa shape index (κ1) is 35.3. The number of hydrogen-bond donors (Lipinski definition) is 4. The standard InChI is InChI=1S/C41H46N8O5/c1-21(2)33(47-41(53)54-5)39(51)48-18-6-7-30(48)37-43-28-15-13-26-19-25(12-14-27(26)35(28)45-37)23-8-10-24(11-9-23)29-20-42-36(44-29)31-16-17-32-38(50)46-34(22(3)4)40(52)49(31)32/h8-15,19-22,30-34H,6-7,16-18H2,1-5H3,(H,42,44)(H,43,45)(H,46,50)(H,47,53)/t30-,31-,32-,33-,34-/m0/s1. The lowest BCUT2D eigenvalue weighted by molar-refractivity contribution is -0.150. The van der Waals surface area contributed by atoms with Crippen LogP contribution in [0.4, 0.5) is 4.79 Å². The maximum atomic E-state index is 13.7. The second-order valence-electron chi connectivity index (χ2n) is 15.4. The van der Waals surface area contributed by atoms with Gasteiger partial charge in [-0.15, -0.1) is 0 Å². The van der Waals surface area contributed by atoms with Crippen LogP contribution in [0.15, 0.2) is 60.8 Å². The highest BCUT2D eigenvalue weighted by molar-refractivity contribution is 6.05. The highest BCUT2D eigenvalue weighted by atomic mass is 16.5. The molecule has 54 heavy (non-hydrogen) atoms. The zero-order chi connectivity index (χ0) is 37.8. The van der Waals surface area contributed by atoms with Crippen LogP contribution >= 0.6 is 0 Å². The van der Waals surface area contributed by atoms with E-state index in [1.165, 1.54) is 7.11 Å². The van der Waals surface area contributed by atoms with E-state index in [-0.39, 0.29) is 41.6 Å². The van der Waals surface area contributed by atoms with Crippen LogP contribution in [-0.2, 0) is 19.1 Å². The molecule has 2 aromatic heterocycles. The topological polar surface area (TPSA) is 165 Å². The van der Waals surface area contributed by atoms with Gasteiger partial charge in [-0.3, -0.25) is 14.4 Å².